The Morgan fingerprint density at radius 2 is 2.15 bits per heavy atom. The zero-order valence-electron chi connectivity index (χ0n) is 10.7. The molecule has 1 aromatic carbocycles. The van der Waals surface area contributed by atoms with Crippen molar-refractivity contribution in [1.29, 1.82) is 0 Å². The van der Waals surface area contributed by atoms with Gasteiger partial charge in [0, 0.05) is 10.2 Å². The predicted octanol–water partition coefficient (Wildman–Crippen LogP) is 4.69. The van der Waals surface area contributed by atoms with Crippen LogP contribution >= 0.6 is 27.7 Å². The van der Waals surface area contributed by atoms with Crippen molar-refractivity contribution in [3.63, 3.8) is 0 Å². The highest BCUT2D eigenvalue weighted by Gasteiger charge is 2.13. The number of hydrogen-bond donors (Lipinski definition) is 0. The van der Waals surface area contributed by atoms with Crippen LogP contribution in [0.4, 0.5) is 0 Å². The summed E-state index contributed by atoms with van der Waals surface area (Å²) in [5, 5.41) is 8.64. The lowest BCUT2D eigenvalue weighted by Gasteiger charge is -1.98. The molecule has 0 unspecified atom stereocenters. The van der Waals surface area contributed by atoms with E-state index in [9.17, 15) is 0 Å². The van der Waals surface area contributed by atoms with E-state index in [0.717, 1.165) is 21.5 Å². The zero-order valence-corrected chi connectivity index (χ0v) is 13.1. The molecule has 6 heteroatoms. The molecule has 0 fully saturated rings. The number of hydrogen-bond acceptors (Lipinski definition) is 5. The summed E-state index contributed by atoms with van der Waals surface area (Å²) in [5.41, 5.74) is 2.04. The molecule has 3 aromatic rings. The van der Waals surface area contributed by atoms with E-state index in [4.69, 9.17) is 8.83 Å². The lowest BCUT2D eigenvalue weighted by atomic mass is 10.2. The van der Waals surface area contributed by atoms with Gasteiger partial charge in [-0.25, -0.2) is 0 Å². The molecule has 0 bridgehead atoms. The molecule has 3 rings (SSSR count). The second kappa shape index (κ2) is 5.85. The van der Waals surface area contributed by atoms with Crippen LogP contribution in [0.1, 0.15) is 11.3 Å². The highest BCUT2D eigenvalue weighted by molar-refractivity contribution is 9.10. The Labute approximate surface area is 128 Å². The van der Waals surface area contributed by atoms with Gasteiger partial charge in [-0.15, -0.1) is 10.2 Å². The second-order valence-corrected chi connectivity index (χ2v) is 6.02. The van der Waals surface area contributed by atoms with Gasteiger partial charge in [-0.1, -0.05) is 39.8 Å². The molecule has 0 amide bonds. The molecule has 102 valence electrons. The van der Waals surface area contributed by atoms with Crippen LogP contribution in [-0.2, 0) is 5.75 Å². The van der Waals surface area contributed by atoms with E-state index < -0.39 is 0 Å². The summed E-state index contributed by atoms with van der Waals surface area (Å²) in [5.74, 6) is 2.05. The molecule has 0 atom stereocenters. The number of furan rings is 1. The van der Waals surface area contributed by atoms with Gasteiger partial charge in [0.25, 0.3) is 11.1 Å². The Morgan fingerprint density at radius 1 is 1.25 bits per heavy atom. The standard InChI is InChI=1S/C14H11BrN2O2S/c1-9-12(5-6-18-9)13-16-17-14(19-13)20-8-10-3-2-4-11(15)7-10/h2-7H,8H2,1H3. The number of thioether (sulfide) groups is 1. The van der Waals surface area contributed by atoms with E-state index in [2.05, 4.69) is 38.3 Å². The van der Waals surface area contributed by atoms with Crippen molar-refractivity contribution in [2.75, 3.05) is 0 Å². The van der Waals surface area contributed by atoms with Crippen molar-refractivity contribution in [2.24, 2.45) is 0 Å². The average molecular weight is 351 g/mol. The molecule has 0 aliphatic heterocycles. The summed E-state index contributed by atoms with van der Waals surface area (Å²) >= 11 is 4.97. The predicted molar refractivity (Wildman–Crippen MR) is 80.4 cm³/mol. The van der Waals surface area contributed by atoms with Gasteiger partial charge in [0.2, 0.25) is 0 Å². The van der Waals surface area contributed by atoms with Crippen molar-refractivity contribution in [1.82, 2.24) is 10.2 Å². The van der Waals surface area contributed by atoms with E-state index in [0.29, 0.717) is 11.1 Å². The highest BCUT2D eigenvalue weighted by atomic mass is 79.9. The molecule has 0 aliphatic rings. The first-order chi connectivity index (χ1) is 9.72. The summed E-state index contributed by atoms with van der Waals surface area (Å²) in [6.45, 7) is 1.87. The highest BCUT2D eigenvalue weighted by Crippen LogP contribution is 2.28. The van der Waals surface area contributed by atoms with Crippen LogP contribution in [0.3, 0.4) is 0 Å². The van der Waals surface area contributed by atoms with Crippen LogP contribution in [0.15, 0.2) is 55.1 Å². The maximum Gasteiger partial charge on any atom is 0.277 e. The second-order valence-electron chi connectivity index (χ2n) is 4.18. The van der Waals surface area contributed by atoms with Crippen molar-refractivity contribution in [3.8, 4) is 11.5 Å². The Balaban J connectivity index is 1.70. The minimum Gasteiger partial charge on any atom is -0.469 e. The first kappa shape index (κ1) is 13.5. The fourth-order valence-corrected chi connectivity index (χ4v) is 2.91. The Hall–Kier alpha value is -1.53. The monoisotopic (exact) mass is 350 g/mol. The van der Waals surface area contributed by atoms with Gasteiger partial charge in [-0.05, 0) is 30.7 Å². The molecular formula is C14H11BrN2O2S. The third kappa shape index (κ3) is 2.96. The number of aryl methyl sites for hydroxylation is 1. The van der Waals surface area contributed by atoms with Crippen LogP contribution in [-0.4, -0.2) is 10.2 Å². The largest absolute Gasteiger partial charge is 0.469 e. The number of benzene rings is 1. The third-order valence-corrected chi connectivity index (χ3v) is 4.13. The average Bonchev–Trinajstić information content (AvgIpc) is 3.05. The number of rotatable bonds is 4. The Kier molecular flexibility index (Phi) is 3.93. The van der Waals surface area contributed by atoms with Crippen molar-refractivity contribution >= 4 is 27.7 Å². The first-order valence-corrected chi connectivity index (χ1v) is 7.75. The molecule has 2 aromatic heterocycles. The fraction of sp³-hybridized carbons (Fsp3) is 0.143. The summed E-state index contributed by atoms with van der Waals surface area (Å²) < 4.78 is 11.9. The molecule has 2 heterocycles. The molecule has 0 N–H and O–H groups in total. The van der Waals surface area contributed by atoms with E-state index in [1.807, 2.05) is 25.1 Å². The van der Waals surface area contributed by atoms with Gasteiger partial charge in [0.05, 0.1) is 11.8 Å². The maximum absolute atomic E-state index is 5.63. The minimum absolute atomic E-state index is 0.494. The molecule has 0 saturated carbocycles. The van der Waals surface area contributed by atoms with Crippen LogP contribution in [0.2, 0.25) is 0 Å². The fourth-order valence-electron chi connectivity index (χ4n) is 1.76. The lowest BCUT2D eigenvalue weighted by Crippen LogP contribution is -1.80. The van der Waals surface area contributed by atoms with Crippen LogP contribution in [0, 0.1) is 6.92 Å². The molecular weight excluding hydrogens is 340 g/mol. The van der Waals surface area contributed by atoms with Crippen molar-refractivity contribution in [2.45, 2.75) is 17.9 Å². The van der Waals surface area contributed by atoms with E-state index in [-0.39, 0.29) is 0 Å². The quantitative estimate of drug-likeness (QED) is 0.638. The number of halogens is 1. The smallest absolute Gasteiger partial charge is 0.277 e. The Bertz CT molecular complexity index is 723. The van der Waals surface area contributed by atoms with Gasteiger partial charge in [0.1, 0.15) is 5.76 Å². The van der Waals surface area contributed by atoms with Gasteiger partial charge >= 0.3 is 0 Å². The zero-order chi connectivity index (χ0) is 13.9. The molecule has 20 heavy (non-hydrogen) atoms. The summed E-state index contributed by atoms with van der Waals surface area (Å²) in [6, 6.07) is 9.97. The number of aromatic nitrogens is 2. The van der Waals surface area contributed by atoms with Crippen molar-refractivity contribution in [3.05, 3.63) is 52.4 Å². The normalized spacial score (nSPS) is 10.9. The van der Waals surface area contributed by atoms with E-state index >= 15 is 0 Å². The molecule has 0 spiro atoms. The van der Waals surface area contributed by atoms with Gasteiger partial charge in [-0.2, -0.15) is 0 Å². The first-order valence-electron chi connectivity index (χ1n) is 5.97. The molecule has 0 radical (unpaired) electrons. The molecule has 4 nitrogen and oxygen atoms in total. The summed E-state index contributed by atoms with van der Waals surface area (Å²) in [4.78, 5) is 0. The van der Waals surface area contributed by atoms with E-state index in [1.54, 1.807) is 6.26 Å². The number of nitrogens with zero attached hydrogens (tertiary/aromatic N) is 2. The molecule has 0 aliphatic carbocycles. The Morgan fingerprint density at radius 3 is 2.90 bits per heavy atom. The van der Waals surface area contributed by atoms with E-state index in [1.165, 1.54) is 17.3 Å². The topological polar surface area (TPSA) is 52.1 Å². The van der Waals surface area contributed by atoms with Gasteiger partial charge in [0.15, 0.2) is 0 Å². The van der Waals surface area contributed by atoms with Gasteiger partial charge < -0.3 is 8.83 Å². The summed E-state index contributed by atoms with van der Waals surface area (Å²) in [7, 11) is 0. The van der Waals surface area contributed by atoms with Crippen molar-refractivity contribution < 1.29 is 8.83 Å². The van der Waals surface area contributed by atoms with Gasteiger partial charge in [-0.3, -0.25) is 0 Å². The summed E-state index contributed by atoms with van der Waals surface area (Å²) in [6.07, 6.45) is 1.61. The maximum atomic E-state index is 5.63. The minimum atomic E-state index is 0.494. The van der Waals surface area contributed by atoms with Crippen LogP contribution < -0.4 is 0 Å². The molecule has 0 saturated heterocycles. The lowest BCUT2D eigenvalue weighted by molar-refractivity contribution is 0.463. The third-order valence-electron chi connectivity index (χ3n) is 2.75. The van der Waals surface area contributed by atoms with Crippen LogP contribution in [0.5, 0.6) is 0 Å². The van der Waals surface area contributed by atoms with Crippen LogP contribution in [0.25, 0.3) is 11.5 Å². The SMILES string of the molecule is Cc1occc1-c1nnc(SCc2cccc(Br)c2)o1.